The highest BCUT2D eigenvalue weighted by Crippen LogP contribution is 2.47. The largest absolute Gasteiger partial charge is 0.364 e. The van der Waals surface area contributed by atoms with Gasteiger partial charge in [-0.25, -0.2) is 9.37 Å². The standard InChI is InChI=1S/C26H32FN5O3/c1-13(33)30-17-6-14-4-16(5-15(14)7-17)25(35)31-23-9-18(20(27)11-29-23)19-8-21(24(28)34)32-12-26(2,3)10-22(19)32/h8-9,11,14-17H,4-7,10,12H2,1-3H3,(H2,28,34)(H,30,33)(H,29,31,35)/t14-,15+,16-,17-. The number of aromatic nitrogens is 2. The first-order chi connectivity index (χ1) is 16.5. The van der Waals surface area contributed by atoms with Gasteiger partial charge in [0.2, 0.25) is 11.8 Å². The van der Waals surface area contributed by atoms with Crippen molar-refractivity contribution in [1.29, 1.82) is 0 Å². The molecule has 3 amide bonds. The van der Waals surface area contributed by atoms with Gasteiger partial charge in [0.25, 0.3) is 5.91 Å². The maximum Gasteiger partial charge on any atom is 0.265 e. The van der Waals surface area contributed by atoms with Gasteiger partial charge in [0.05, 0.1) is 6.20 Å². The molecule has 3 heterocycles. The number of nitrogens with one attached hydrogen (secondary N) is 2. The minimum absolute atomic E-state index is 0.0113. The van der Waals surface area contributed by atoms with E-state index in [1.54, 1.807) is 12.1 Å². The van der Waals surface area contributed by atoms with E-state index in [4.69, 9.17) is 5.73 Å². The van der Waals surface area contributed by atoms with Crippen molar-refractivity contribution in [3.05, 3.63) is 35.5 Å². The maximum atomic E-state index is 14.9. The zero-order chi connectivity index (χ0) is 25.1. The highest BCUT2D eigenvalue weighted by molar-refractivity contribution is 5.95. The quantitative estimate of drug-likeness (QED) is 0.607. The summed E-state index contributed by atoms with van der Waals surface area (Å²) < 4.78 is 16.8. The number of carbonyl (C=O) groups excluding carboxylic acids is 3. The second kappa shape index (κ2) is 8.46. The number of primary amides is 1. The van der Waals surface area contributed by atoms with Crippen LogP contribution in [0.4, 0.5) is 10.2 Å². The minimum Gasteiger partial charge on any atom is -0.364 e. The summed E-state index contributed by atoms with van der Waals surface area (Å²) in [5, 5.41) is 5.88. The van der Waals surface area contributed by atoms with Gasteiger partial charge in [0.15, 0.2) is 0 Å². The molecule has 4 N–H and O–H groups in total. The summed E-state index contributed by atoms with van der Waals surface area (Å²) in [6, 6.07) is 3.38. The highest BCUT2D eigenvalue weighted by atomic mass is 19.1. The van der Waals surface area contributed by atoms with E-state index in [-0.39, 0.29) is 35.0 Å². The van der Waals surface area contributed by atoms with Crippen LogP contribution in [0.1, 0.15) is 62.6 Å². The van der Waals surface area contributed by atoms with Crippen LogP contribution in [0.15, 0.2) is 18.3 Å². The zero-order valence-electron chi connectivity index (χ0n) is 20.4. The van der Waals surface area contributed by atoms with Crippen molar-refractivity contribution in [2.75, 3.05) is 5.32 Å². The van der Waals surface area contributed by atoms with Crippen LogP contribution in [-0.2, 0) is 22.6 Å². The van der Waals surface area contributed by atoms with E-state index >= 15 is 0 Å². The zero-order valence-corrected chi connectivity index (χ0v) is 20.4. The van der Waals surface area contributed by atoms with E-state index < -0.39 is 11.7 Å². The van der Waals surface area contributed by atoms with E-state index in [1.165, 1.54) is 6.92 Å². The number of rotatable bonds is 5. The van der Waals surface area contributed by atoms with Gasteiger partial charge in [-0.15, -0.1) is 0 Å². The molecule has 0 unspecified atom stereocenters. The van der Waals surface area contributed by atoms with Gasteiger partial charge in [0, 0.05) is 42.2 Å². The fourth-order valence-corrected chi connectivity index (χ4v) is 6.51. The van der Waals surface area contributed by atoms with E-state index in [9.17, 15) is 18.8 Å². The van der Waals surface area contributed by atoms with Crippen molar-refractivity contribution in [2.24, 2.45) is 28.9 Å². The number of amides is 3. The number of hydrogen-bond donors (Lipinski definition) is 3. The Morgan fingerprint density at radius 2 is 1.80 bits per heavy atom. The molecule has 2 aromatic heterocycles. The average Bonchev–Trinajstić information content (AvgIpc) is 3.46. The number of anilines is 1. The van der Waals surface area contributed by atoms with E-state index in [1.807, 2.05) is 4.57 Å². The summed E-state index contributed by atoms with van der Waals surface area (Å²) in [6.07, 6.45) is 5.18. The molecule has 5 rings (SSSR count). The van der Waals surface area contributed by atoms with Gasteiger partial charge in [-0.3, -0.25) is 14.4 Å². The second-order valence-electron chi connectivity index (χ2n) is 11.3. The number of hydrogen-bond acceptors (Lipinski definition) is 4. The summed E-state index contributed by atoms with van der Waals surface area (Å²) in [6.45, 7) is 6.35. The molecule has 0 radical (unpaired) electrons. The molecule has 1 aliphatic heterocycles. The monoisotopic (exact) mass is 481 g/mol. The number of halogens is 1. The van der Waals surface area contributed by atoms with Crippen LogP contribution in [-0.4, -0.2) is 33.3 Å². The Morgan fingerprint density at radius 1 is 1.11 bits per heavy atom. The normalized spacial score (nSPS) is 26.3. The first kappa shape index (κ1) is 23.5. The summed E-state index contributed by atoms with van der Waals surface area (Å²) in [7, 11) is 0. The topological polar surface area (TPSA) is 119 Å². The molecule has 0 saturated heterocycles. The number of pyridine rings is 1. The Labute approximate surface area is 203 Å². The van der Waals surface area contributed by atoms with Crippen LogP contribution < -0.4 is 16.4 Å². The van der Waals surface area contributed by atoms with E-state index in [2.05, 4.69) is 29.5 Å². The van der Waals surface area contributed by atoms with Gasteiger partial charge >= 0.3 is 0 Å². The van der Waals surface area contributed by atoms with Crippen LogP contribution >= 0.6 is 0 Å². The smallest absolute Gasteiger partial charge is 0.265 e. The molecule has 3 aliphatic rings. The summed E-state index contributed by atoms with van der Waals surface area (Å²) >= 11 is 0. The molecule has 0 spiro atoms. The molecule has 2 saturated carbocycles. The highest BCUT2D eigenvalue weighted by Gasteiger charge is 2.44. The van der Waals surface area contributed by atoms with Crippen molar-refractivity contribution >= 4 is 23.5 Å². The minimum atomic E-state index is -0.550. The number of fused-ring (bicyclic) bond motifs is 2. The molecule has 186 valence electrons. The van der Waals surface area contributed by atoms with Crippen molar-refractivity contribution in [1.82, 2.24) is 14.9 Å². The molecule has 9 heteroatoms. The first-order valence-corrected chi connectivity index (χ1v) is 12.3. The summed E-state index contributed by atoms with van der Waals surface area (Å²) in [5.41, 5.74) is 7.65. The van der Waals surface area contributed by atoms with Crippen molar-refractivity contribution < 1.29 is 18.8 Å². The Bertz CT molecular complexity index is 1210. The molecular formula is C26H32FN5O3. The van der Waals surface area contributed by atoms with Gasteiger partial charge in [-0.05, 0) is 61.5 Å². The second-order valence-corrected chi connectivity index (χ2v) is 11.3. The predicted octanol–water partition coefficient (Wildman–Crippen LogP) is 3.25. The third-order valence-electron chi connectivity index (χ3n) is 7.88. The van der Waals surface area contributed by atoms with Crippen molar-refractivity contribution in [2.45, 2.75) is 65.5 Å². The SMILES string of the molecule is CC(=O)N[C@H]1C[C@@H]2C[C@H](C(=O)Nc3cc(-c4cc(C(N)=O)n5c4CC(C)(C)C5)c(F)cn3)C[C@@H]2C1. The van der Waals surface area contributed by atoms with Crippen LogP contribution in [0.25, 0.3) is 11.1 Å². The van der Waals surface area contributed by atoms with Crippen LogP contribution in [0, 0.1) is 29.0 Å². The molecular weight excluding hydrogens is 449 g/mol. The number of nitrogens with zero attached hydrogens (tertiary/aromatic N) is 2. The molecule has 0 bridgehead atoms. The molecule has 0 aromatic carbocycles. The third kappa shape index (κ3) is 4.44. The van der Waals surface area contributed by atoms with Gasteiger partial charge in [-0.1, -0.05) is 13.8 Å². The summed E-state index contributed by atoms with van der Waals surface area (Å²) in [5.74, 6) is -0.165. The molecule has 2 aromatic rings. The number of nitrogens with two attached hydrogens (primary N) is 1. The lowest BCUT2D eigenvalue weighted by Crippen LogP contribution is -2.31. The van der Waals surface area contributed by atoms with Gasteiger partial charge in [-0.2, -0.15) is 0 Å². The average molecular weight is 482 g/mol. The van der Waals surface area contributed by atoms with Crippen molar-refractivity contribution in [3.8, 4) is 11.1 Å². The molecule has 2 fully saturated rings. The van der Waals surface area contributed by atoms with Gasteiger partial charge in [0.1, 0.15) is 17.3 Å². The Hall–Kier alpha value is -3.23. The van der Waals surface area contributed by atoms with Crippen LogP contribution in [0.5, 0.6) is 0 Å². The molecule has 8 nitrogen and oxygen atoms in total. The van der Waals surface area contributed by atoms with E-state index in [0.29, 0.717) is 41.6 Å². The fraction of sp³-hybridized carbons (Fsp3) is 0.538. The summed E-state index contributed by atoms with van der Waals surface area (Å²) in [4.78, 5) is 40.5. The molecule has 2 aliphatic carbocycles. The lowest BCUT2D eigenvalue weighted by molar-refractivity contribution is -0.121. The van der Waals surface area contributed by atoms with Gasteiger partial charge < -0.3 is 20.9 Å². The van der Waals surface area contributed by atoms with E-state index in [0.717, 1.165) is 37.6 Å². The maximum absolute atomic E-state index is 14.9. The van der Waals surface area contributed by atoms with Crippen molar-refractivity contribution in [3.63, 3.8) is 0 Å². The Morgan fingerprint density at radius 3 is 2.43 bits per heavy atom. The Kier molecular flexibility index (Phi) is 5.68. The number of carbonyl (C=O) groups is 3. The molecule has 4 atom stereocenters. The predicted molar refractivity (Wildman–Crippen MR) is 129 cm³/mol. The first-order valence-electron chi connectivity index (χ1n) is 12.3. The van der Waals surface area contributed by atoms with Crippen LogP contribution in [0.2, 0.25) is 0 Å². The lowest BCUT2D eigenvalue weighted by Gasteiger charge is -2.16. The third-order valence-corrected chi connectivity index (χ3v) is 7.88. The van der Waals surface area contributed by atoms with Crippen LogP contribution in [0.3, 0.4) is 0 Å². The molecule has 35 heavy (non-hydrogen) atoms. The Balaban J connectivity index is 1.33. The fourth-order valence-electron chi connectivity index (χ4n) is 6.51. The lowest BCUT2D eigenvalue weighted by atomic mass is 9.89.